The first-order valence-electron chi connectivity index (χ1n) is 9.28. The average molecular weight is 397 g/mol. The molecule has 1 saturated carbocycles. The van der Waals surface area contributed by atoms with Crippen LogP contribution in [0, 0.1) is 17.2 Å². The summed E-state index contributed by atoms with van der Waals surface area (Å²) >= 11 is 6.06. The van der Waals surface area contributed by atoms with E-state index in [9.17, 15) is 14.7 Å². The van der Waals surface area contributed by atoms with E-state index < -0.39 is 11.5 Å². The molecule has 1 amide bonds. The Morgan fingerprint density at radius 3 is 2.43 bits per heavy atom. The molecule has 1 unspecified atom stereocenters. The van der Waals surface area contributed by atoms with Gasteiger partial charge in [-0.1, -0.05) is 55.1 Å². The van der Waals surface area contributed by atoms with Crippen LogP contribution >= 0.6 is 11.6 Å². The van der Waals surface area contributed by atoms with Gasteiger partial charge >= 0.3 is 0 Å². The molecule has 1 fully saturated rings. The monoisotopic (exact) mass is 396 g/mol. The molecule has 2 aromatic rings. The number of halogens is 1. The number of carbonyl (C=O) groups is 2. The lowest BCUT2D eigenvalue weighted by atomic mass is 9.72. The van der Waals surface area contributed by atoms with Gasteiger partial charge < -0.3 is 10.4 Å². The van der Waals surface area contributed by atoms with Crippen LogP contribution in [-0.2, 0) is 10.4 Å². The molecule has 0 saturated heterocycles. The molecule has 3 rings (SSSR count). The summed E-state index contributed by atoms with van der Waals surface area (Å²) < 4.78 is 0. The second-order valence-corrected chi connectivity index (χ2v) is 7.51. The third kappa shape index (κ3) is 3.94. The highest BCUT2D eigenvalue weighted by Gasteiger charge is 2.45. The maximum Gasteiger partial charge on any atom is 0.261 e. The molecule has 5 nitrogen and oxygen atoms in total. The average Bonchev–Trinajstić information content (AvgIpc) is 2.74. The molecule has 2 N–H and O–H groups in total. The SMILES string of the molecule is N#Cc1ccc(NC(=O)C(O)(c2ccc(C=O)cc2)C2CCCCC2)cc1Cl. The van der Waals surface area contributed by atoms with Crippen molar-refractivity contribution in [1.82, 2.24) is 0 Å². The summed E-state index contributed by atoms with van der Waals surface area (Å²) in [4.78, 5) is 24.2. The number of anilines is 1. The van der Waals surface area contributed by atoms with E-state index >= 15 is 0 Å². The van der Waals surface area contributed by atoms with Gasteiger partial charge in [0.2, 0.25) is 0 Å². The minimum absolute atomic E-state index is 0.225. The second kappa shape index (κ2) is 8.55. The van der Waals surface area contributed by atoms with Crippen LogP contribution in [0.3, 0.4) is 0 Å². The number of hydrogen-bond acceptors (Lipinski definition) is 4. The van der Waals surface area contributed by atoms with E-state index in [1.54, 1.807) is 30.3 Å². The molecule has 144 valence electrons. The van der Waals surface area contributed by atoms with Crippen molar-refractivity contribution in [3.63, 3.8) is 0 Å². The number of aldehydes is 1. The summed E-state index contributed by atoms with van der Waals surface area (Å²) in [6.07, 6.45) is 5.21. The molecular formula is C22H21ClN2O3. The van der Waals surface area contributed by atoms with Gasteiger partial charge in [-0.25, -0.2) is 0 Å². The van der Waals surface area contributed by atoms with E-state index in [-0.39, 0.29) is 10.9 Å². The Labute approximate surface area is 168 Å². The van der Waals surface area contributed by atoms with Crippen molar-refractivity contribution < 1.29 is 14.7 Å². The van der Waals surface area contributed by atoms with Gasteiger partial charge in [0.25, 0.3) is 5.91 Å². The van der Waals surface area contributed by atoms with Gasteiger partial charge in [0.05, 0.1) is 10.6 Å². The molecule has 0 aliphatic heterocycles. The number of nitrogens with one attached hydrogen (secondary N) is 1. The molecule has 0 radical (unpaired) electrons. The lowest BCUT2D eigenvalue weighted by Gasteiger charge is -2.37. The number of benzene rings is 2. The smallest absolute Gasteiger partial charge is 0.261 e. The van der Waals surface area contributed by atoms with Crippen molar-refractivity contribution in [3.05, 3.63) is 64.2 Å². The van der Waals surface area contributed by atoms with E-state index in [0.717, 1.165) is 38.4 Å². The van der Waals surface area contributed by atoms with Crippen LogP contribution in [0.5, 0.6) is 0 Å². The minimum Gasteiger partial charge on any atom is -0.375 e. The normalized spacial score (nSPS) is 16.6. The largest absolute Gasteiger partial charge is 0.375 e. The number of rotatable bonds is 5. The van der Waals surface area contributed by atoms with E-state index in [1.165, 1.54) is 12.1 Å². The number of aliphatic hydroxyl groups is 1. The molecule has 1 aliphatic rings. The van der Waals surface area contributed by atoms with Gasteiger partial charge in [0.1, 0.15) is 12.4 Å². The lowest BCUT2D eigenvalue weighted by molar-refractivity contribution is -0.143. The van der Waals surface area contributed by atoms with Crippen LogP contribution in [0.25, 0.3) is 0 Å². The van der Waals surface area contributed by atoms with Crippen LogP contribution in [0.1, 0.15) is 53.6 Å². The molecule has 2 aromatic carbocycles. The van der Waals surface area contributed by atoms with Crippen molar-refractivity contribution in [1.29, 1.82) is 5.26 Å². The Kier molecular flexibility index (Phi) is 6.13. The first-order chi connectivity index (χ1) is 13.5. The van der Waals surface area contributed by atoms with Crippen molar-refractivity contribution in [2.24, 2.45) is 5.92 Å². The molecule has 6 heteroatoms. The molecule has 1 aliphatic carbocycles. The third-order valence-electron chi connectivity index (χ3n) is 5.38. The topological polar surface area (TPSA) is 90.2 Å². The van der Waals surface area contributed by atoms with Crippen molar-refractivity contribution >= 4 is 29.5 Å². The fourth-order valence-corrected chi connectivity index (χ4v) is 4.02. The maximum absolute atomic E-state index is 13.2. The Morgan fingerprint density at radius 2 is 1.86 bits per heavy atom. The van der Waals surface area contributed by atoms with Crippen LogP contribution in [0.15, 0.2) is 42.5 Å². The fraction of sp³-hybridized carbons (Fsp3) is 0.318. The van der Waals surface area contributed by atoms with E-state index in [2.05, 4.69) is 5.32 Å². The van der Waals surface area contributed by atoms with Gasteiger partial charge in [-0.2, -0.15) is 5.26 Å². The maximum atomic E-state index is 13.2. The van der Waals surface area contributed by atoms with Crippen LogP contribution in [0.4, 0.5) is 5.69 Å². The summed E-state index contributed by atoms with van der Waals surface area (Å²) in [5.74, 6) is -0.767. The number of nitrogens with zero attached hydrogens (tertiary/aromatic N) is 1. The molecule has 0 aromatic heterocycles. The highest BCUT2D eigenvalue weighted by molar-refractivity contribution is 6.32. The Hall–Kier alpha value is -2.68. The van der Waals surface area contributed by atoms with Gasteiger partial charge in [0.15, 0.2) is 5.60 Å². The second-order valence-electron chi connectivity index (χ2n) is 7.10. The van der Waals surface area contributed by atoms with Gasteiger partial charge in [-0.15, -0.1) is 0 Å². The van der Waals surface area contributed by atoms with Gasteiger partial charge in [-0.05, 0) is 36.6 Å². The number of carbonyl (C=O) groups excluding carboxylic acids is 2. The summed E-state index contributed by atoms with van der Waals surface area (Å²) in [7, 11) is 0. The molecule has 0 spiro atoms. The van der Waals surface area contributed by atoms with Crippen LogP contribution < -0.4 is 5.32 Å². The highest BCUT2D eigenvalue weighted by Crippen LogP contribution is 2.40. The van der Waals surface area contributed by atoms with E-state index in [4.69, 9.17) is 16.9 Å². The zero-order chi connectivity index (χ0) is 20.1. The standard InChI is InChI=1S/C22H21ClN2O3/c23-20-12-19(11-8-16(20)13-24)25-21(27)22(28,17-4-2-1-3-5-17)18-9-6-15(14-26)7-10-18/h6-12,14,17,28H,1-5H2,(H,25,27). The van der Waals surface area contributed by atoms with Crippen LogP contribution in [0.2, 0.25) is 5.02 Å². The van der Waals surface area contributed by atoms with Crippen molar-refractivity contribution in [2.75, 3.05) is 5.32 Å². The Balaban J connectivity index is 1.95. The number of nitriles is 1. The molecule has 28 heavy (non-hydrogen) atoms. The number of hydrogen-bond donors (Lipinski definition) is 2. The van der Waals surface area contributed by atoms with E-state index in [0.29, 0.717) is 22.4 Å². The summed E-state index contributed by atoms with van der Waals surface area (Å²) in [5.41, 5.74) is -0.0574. The van der Waals surface area contributed by atoms with Crippen LogP contribution in [-0.4, -0.2) is 17.3 Å². The predicted octanol–water partition coefficient (Wildman–Crippen LogP) is 4.43. The Bertz CT molecular complexity index is 914. The molecule has 0 heterocycles. The molecule has 0 bridgehead atoms. The Morgan fingerprint density at radius 1 is 1.18 bits per heavy atom. The van der Waals surface area contributed by atoms with E-state index in [1.807, 2.05) is 6.07 Å². The molecular weight excluding hydrogens is 376 g/mol. The zero-order valence-electron chi connectivity index (χ0n) is 15.3. The zero-order valence-corrected chi connectivity index (χ0v) is 16.1. The van der Waals surface area contributed by atoms with Gasteiger partial charge in [0, 0.05) is 17.2 Å². The lowest BCUT2D eigenvalue weighted by Crippen LogP contribution is -2.47. The minimum atomic E-state index is -1.72. The van der Waals surface area contributed by atoms with Crippen molar-refractivity contribution in [2.45, 2.75) is 37.7 Å². The van der Waals surface area contributed by atoms with Gasteiger partial charge in [-0.3, -0.25) is 9.59 Å². The highest BCUT2D eigenvalue weighted by atomic mass is 35.5. The first-order valence-corrected chi connectivity index (χ1v) is 9.66. The quantitative estimate of drug-likeness (QED) is 0.731. The number of amides is 1. The predicted molar refractivity (Wildman–Crippen MR) is 107 cm³/mol. The summed E-state index contributed by atoms with van der Waals surface area (Å²) in [5, 5.41) is 23.6. The molecule has 1 atom stereocenters. The summed E-state index contributed by atoms with van der Waals surface area (Å²) in [6, 6.07) is 13.0. The summed E-state index contributed by atoms with van der Waals surface area (Å²) in [6.45, 7) is 0. The van der Waals surface area contributed by atoms with Crippen molar-refractivity contribution in [3.8, 4) is 6.07 Å². The first kappa shape index (κ1) is 20.1. The third-order valence-corrected chi connectivity index (χ3v) is 5.69. The fourth-order valence-electron chi connectivity index (χ4n) is 3.80.